The Balaban J connectivity index is 2.52. The Morgan fingerprint density at radius 1 is 1.50 bits per heavy atom. The van der Waals surface area contributed by atoms with Gasteiger partial charge in [-0.05, 0) is 24.4 Å². The van der Waals surface area contributed by atoms with Gasteiger partial charge in [0.2, 0.25) is 5.88 Å². The van der Waals surface area contributed by atoms with E-state index in [0.29, 0.717) is 11.4 Å². The van der Waals surface area contributed by atoms with Gasteiger partial charge in [0.05, 0.1) is 7.11 Å². The Bertz CT molecular complexity index is 837. The van der Waals surface area contributed by atoms with Gasteiger partial charge in [-0.2, -0.15) is 0 Å². The zero-order chi connectivity index (χ0) is 16.1. The molecule has 1 aromatic heterocycles. The van der Waals surface area contributed by atoms with E-state index in [4.69, 9.17) is 17.0 Å². The van der Waals surface area contributed by atoms with Crippen molar-refractivity contribution in [1.29, 1.82) is 0 Å². The Kier molecular flexibility index (Phi) is 4.90. The fourth-order valence-corrected chi connectivity index (χ4v) is 2.11. The molecule has 0 radical (unpaired) electrons. The number of H-pyrrole nitrogens is 1. The van der Waals surface area contributed by atoms with Crippen LogP contribution in [0.4, 0.5) is 5.69 Å². The summed E-state index contributed by atoms with van der Waals surface area (Å²) in [5.41, 5.74) is 0.0457. The predicted molar refractivity (Wildman–Crippen MR) is 88.0 cm³/mol. The summed E-state index contributed by atoms with van der Waals surface area (Å²) in [5.74, 6) is 0.306. The molecule has 22 heavy (non-hydrogen) atoms. The molecule has 2 rings (SSSR count). The van der Waals surface area contributed by atoms with Gasteiger partial charge < -0.3 is 9.84 Å². The van der Waals surface area contributed by atoms with Gasteiger partial charge in [0.15, 0.2) is 4.77 Å². The maximum absolute atomic E-state index is 11.9. The molecule has 0 spiro atoms. The topological polar surface area (TPSA) is 79.6 Å². The zero-order valence-corrected chi connectivity index (χ0v) is 12.8. The van der Waals surface area contributed by atoms with Gasteiger partial charge in [-0.3, -0.25) is 19.3 Å². The van der Waals surface area contributed by atoms with Crippen molar-refractivity contribution in [3.8, 4) is 11.6 Å². The molecular weight excluding hydrogens is 302 g/mol. The number of nitrogens with zero attached hydrogens (tertiary/aromatic N) is 2. The van der Waals surface area contributed by atoms with Gasteiger partial charge >= 0.3 is 0 Å². The molecule has 0 fully saturated rings. The SMILES string of the molecule is C=CCn1c(O)c(C=Nc2ccccc2OC)c(=O)[nH]c1=S. The molecule has 0 aliphatic heterocycles. The van der Waals surface area contributed by atoms with Crippen molar-refractivity contribution >= 4 is 24.1 Å². The van der Waals surface area contributed by atoms with E-state index in [1.807, 2.05) is 6.07 Å². The average Bonchev–Trinajstić information content (AvgIpc) is 2.51. The number of benzene rings is 1. The van der Waals surface area contributed by atoms with Crippen molar-refractivity contribution in [1.82, 2.24) is 9.55 Å². The van der Waals surface area contributed by atoms with E-state index in [0.717, 1.165) is 0 Å². The highest BCUT2D eigenvalue weighted by molar-refractivity contribution is 7.71. The molecule has 0 saturated carbocycles. The summed E-state index contributed by atoms with van der Waals surface area (Å²) in [6.45, 7) is 3.86. The smallest absolute Gasteiger partial charge is 0.264 e. The summed E-state index contributed by atoms with van der Waals surface area (Å²) in [6, 6.07) is 7.09. The van der Waals surface area contributed by atoms with E-state index in [-0.39, 0.29) is 22.8 Å². The molecule has 0 aliphatic rings. The minimum absolute atomic E-state index is 0.0151. The van der Waals surface area contributed by atoms with E-state index in [1.165, 1.54) is 17.9 Å². The highest BCUT2D eigenvalue weighted by atomic mass is 32.1. The lowest BCUT2D eigenvalue weighted by molar-refractivity contribution is 0.413. The van der Waals surface area contributed by atoms with Crippen LogP contribution in [0.5, 0.6) is 11.6 Å². The third-order valence-corrected chi connectivity index (χ3v) is 3.26. The number of methoxy groups -OCH3 is 1. The van der Waals surface area contributed by atoms with Gasteiger partial charge in [-0.15, -0.1) is 6.58 Å². The number of hydrogen-bond donors (Lipinski definition) is 2. The number of hydrogen-bond acceptors (Lipinski definition) is 5. The largest absolute Gasteiger partial charge is 0.494 e. The standard InChI is InChI=1S/C15H15N3O3S/c1-3-8-18-14(20)10(13(19)17-15(18)22)9-16-11-6-4-5-7-12(11)21-2/h3-7,9,20H,1,8H2,2H3,(H,17,19,22). The summed E-state index contributed by atoms with van der Waals surface area (Å²) in [4.78, 5) is 18.6. The first-order valence-electron chi connectivity index (χ1n) is 6.42. The van der Waals surface area contributed by atoms with Crippen LogP contribution in [0.3, 0.4) is 0 Å². The quantitative estimate of drug-likeness (QED) is 0.504. The van der Waals surface area contributed by atoms with Crippen LogP contribution >= 0.6 is 12.2 Å². The number of aliphatic imine (C=N–C) groups is 1. The number of rotatable bonds is 5. The number of aromatic amines is 1. The first kappa shape index (κ1) is 15.7. The second-order valence-electron chi connectivity index (χ2n) is 4.33. The lowest BCUT2D eigenvalue weighted by Gasteiger charge is -2.08. The van der Waals surface area contributed by atoms with E-state index < -0.39 is 5.56 Å². The number of allylic oxidation sites excluding steroid dienone is 1. The number of aromatic hydroxyl groups is 1. The molecule has 0 bridgehead atoms. The first-order valence-corrected chi connectivity index (χ1v) is 6.83. The van der Waals surface area contributed by atoms with Gasteiger partial charge in [-0.25, -0.2) is 0 Å². The zero-order valence-electron chi connectivity index (χ0n) is 11.9. The van der Waals surface area contributed by atoms with E-state index >= 15 is 0 Å². The van der Waals surface area contributed by atoms with Crippen LogP contribution in [-0.4, -0.2) is 28.0 Å². The second kappa shape index (κ2) is 6.86. The maximum Gasteiger partial charge on any atom is 0.264 e. The monoisotopic (exact) mass is 317 g/mol. The lowest BCUT2D eigenvalue weighted by atomic mass is 10.3. The Morgan fingerprint density at radius 3 is 2.91 bits per heavy atom. The summed E-state index contributed by atoms with van der Waals surface area (Å²) in [6.07, 6.45) is 2.84. The molecule has 1 aromatic carbocycles. The molecule has 0 unspecified atom stereocenters. The van der Waals surface area contributed by atoms with Crippen LogP contribution in [-0.2, 0) is 6.54 Å². The van der Waals surface area contributed by atoms with Crippen molar-refractivity contribution in [3.63, 3.8) is 0 Å². The van der Waals surface area contributed by atoms with Crippen LogP contribution in [0.2, 0.25) is 0 Å². The fraction of sp³-hybridized carbons (Fsp3) is 0.133. The summed E-state index contributed by atoms with van der Waals surface area (Å²) in [7, 11) is 1.53. The van der Waals surface area contributed by atoms with E-state index in [1.54, 1.807) is 24.3 Å². The average molecular weight is 317 g/mol. The van der Waals surface area contributed by atoms with Crippen molar-refractivity contribution in [3.05, 3.63) is 57.6 Å². The van der Waals surface area contributed by atoms with Gasteiger partial charge in [0.1, 0.15) is 17.0 Å². The second-order valence-corrected chi connectivity index (χ2v) is 4.71. The van der Waals surface area contributed by atoms with Crippen LogP contribution in [0.1, 0.15) is 5.56 Å². The first-order chi connectivity index (χ1) is 10.6. The number of ether oxygens (including phenoxy) is 1. The number of nitrogens with one attached hydrogen (secondary N) is 1. The molecule has 2 aromatic rings. The Morgan fingerprint density at radius 2 is 2.23 bits per heavy atom. The normalized spacial score (nSPS) is 10.8. The molecule has 0 amide bonds. The fourth-order valence-electron chi connectivity index (χ4n) is 1.86. The van der Waals surface area contributed by atoms with Crippen LogP contribution in [0.25, 0.3) is 0 Å². The molecular formula is C15H15N3O3S. The van der Waals surface area contributed by atoms with Crippen molar-refractivity contribution < 1.29 is 9.84 Å². The van der Waals surface area contributed by atoms with Crippen molar-refractivity contribution in [2.75, 3.05) is 7.11 Å². The Hall–Kier alpha value is -2.67. The lowest BCUT2D eigenvalue weighted by Crippen LogP contribution is -2.18. The van der Waals surface area contributed by atoms with Crippen LogP contribution in [0, 0.1) is 4.77 Å². The molecule has 2 N–H and O–H groups in total. The van der Waals surface area contributed by atoms with E-state index in [9.17, 15) is 9.90 Å². The summed E-state index contributed by atoms with van der Waals surface area (Å²) < 4.78 is 6.65. The molecule has 0 aliphatic carbocycles. The van der Waals surface area contributed by atoms with Crippen molar-refractivity contribution in [2.24, 2.45) is 4.99 Å². The summed E-state index contributed by atoms with van der Waals surface area (Å²) >= 11 is 5.00. The molecule has 1 heterocycles. The van der Waals surface area contributed by atoms with Gasteiger partial charge in [-0.1, -0.05) is 18.2 Å². The van der Waals surface area contributed by atoms with E-state index in [2.05, 4.69) is 16.6 Å². The molecule has 114 valence electrons. The van der Waals surface area contributed by atoms with Gasteiger partial charge in [0, 0.05) is 12.8 Å². The maximum atomic E-state index is 11.9. The highest BCUT2D eigenvalue weighted by Crippen LogP contribution is 2.26. The number of aromatic nitrogens is 2. The minimum atomic E-state index is -0.513. The Labute approximate surface area is 132 Å². The minimum Gasteiger partial charge on any atom is -0.494 e. The number of para-hydroxylation sites is 2. The third kappa shape index (κ3) is 3.15. The molecule has 6 nitrogen and oxygen atoms in total. The van der Waals surface area contributed by atoms with Gasteiger partial charge in [0.25, 0.3) is 5.56 Å². The third-order valence-electron chi connectivity index (χ3n) is 2.94. The van der Waals surface area contributed by atoms with Crippen LogP contribution in [0.15, 0.2) is 46.7 Å². The molecule has 7 heteroatoms. The highest BCUT2D eigenvalue weighted by Gasteiger charge is 2.10. The molecule has 0 atom stereocenters. The van der Waals surface area contributed by atoms with Crippen molar-refractivity contribution in [2.45, 2.75) is 6.54 Å². The molecule has 0 saturated heterocycles. The predicted octanol–water partition coefficient (Wildman–Crippen LogP) is 2.56. The summed E-state index contributed by atoms with van der Waals surface area (Å²) in [5, 5.41) is 10.2. The van der Waals surface area contributed by atoms with Crippen LogP contribution < -0.4 is 10.3 Å².